The van der Waals surface area contributed by atoms with Crippen LogP contribution in [0.15, 0.2) is 34.1 Å². The fraction of sp³-hybridized carbons (Fsp3) is 0.308. The van der Waals surface area contributed by atoms with E-state index >= 15 is 0 Å². The molecule has 5 heteroatoms. The first-order chi connectivity index (χ1) is 8.67. The molecule has 0 fully saturated rings. The molecule has 0 bridgehead atoms. The highest BCUT2D eigenvalue weighted by atomic mass is 79.9. The Balaban J connectivity index is 1.94. The van der Waals surface area contributed by atoms with E-state index in [2.05, 4.69) is 56.4 Å². The number of nitrogens with zero attached hydrogens (tertiary/aromatic N) is 2. The fourth-order valence-corrected chi connectivity index (χ4v) is 2.91. The third kappa shape index (κ3) is 3.88. The molecule has 0 spiro atoms. The van der Waals surface area contributed by atoms with Gasteiger partial charge in [-0.3, -0.25) is 4.90 Å². The zero-order chi connectivity index (χ0) is 13.0. The van der Waals surface area contributed by atoms with Gasteiger partial charge in [0.1, 0.15) is 5.01 Å². The maximum Gasteiger partial charge on any atom is 0.106 e. The summed E-state index contributed by atoms with van der Waals surface area (Å²) in [7, 11) is 2.10. The molecule has 0 aliphatic rings. The molecule has 0 aliphatic carbocycles. The molecular weight excluding hydrogens is 310 g/mol. The van der Waals surface area contributed by atoms with Gasteiger partial charge in [-0.05, 0) is 24.7 Å². The minimum absolute atomic E-state index is 0.528. The van der Waals surface area contributed by atoms with E-state index < -0.39 is 0 Å². The van der Waals surface area contributed by atoms with Crippen molar-refractivity contribution in [3.63, 3.8) is 0 Å². The van der Waals surface area contributed by atoms with Crippen LogP contribution in [-0.2, 0) is 19.6 Å². The Bertz CT molecular complexity index is 512. The maximum atomic E-state index is 5.56. The average Bonchev–Trinajstić information content (AvgIpc) is 2.76. The third-order valence-electron chi connectivity index (χ3n) is 2.55. The number of thiazole rings is 1. The number of hydrogen-bond acceptors (Lipinski definition) is 4. The van der Waals surface area contributed by atoms with Crippen molar-refractivity contribution in [3.8, 4) is 0 Å². The lowest BCUT2D eigenvalue weighted by atomic mass is 10.2. The molecule has 2 N–H and O–H groups in total. The molecule has 0 saturated heterocycles. The minimum Gasteiger partial charge on any atom is -0.325 e. The molecule has 0 aliphatic heterocycles. The van der Waals surface area contributed by atoms with Gasteiger partial charge in [-0.1, -0.05) is 28.1 Å². The Hall–Kier alpha value is -0.750. The van der Waals surface area contributed by atoms with Gasteiger partial charge in [-0.25, -0.2) is 4.98 Å². The zero-order valence-electron chi connectivity index (χ0n) is 10.3. The maximum absolute atomic E-state index is 5.56. The number of halogens is 1. The first-order valence-electron chi connectivity index (χ1n) is 5.73. The van der Waals surface area contributed by atoms with Crippen molar-refractivity contribution >= 4 is 27.3 Å². The van der Waals surface area contributed by atoms with Crippen LogP contribution in [0, 0.1) is 0 Å². The van der Waals surface area contributed by atoms with Crippen LogP contribution in [0.1, 0.15) is 16.3 Å². The van der Waals surface area contributed by atoms with Crippen molar-refractivity contribution in [1.29, 1.82) is 0 Å². The summed E-state index contributed by atoms with van der Waals surface area (Å²) >= 11 is 5.12. The molecule has 0 radical (unpaired) electrons. The van der Waals surface area contributed by atoms with Crippen LogP contribution in [0.4, 0.5) is 0 Å². The first-order valence-corrected chi connectivity index (χ1v) is 7.41. The highest BCUT2D eigenvalue weighted by molar-refractivity contribution is 9.10. The van der Waals surface area contributed by atoms with Gasteiger partial charge in [-0.2, -0.15) is 0 Å². The van der Waals surface area contributed by atoms with E-state index in [0.29, 0.717) is 6.54 Å². The third-order valence-corrected chi connectivity index (χ3v) is 3.96. The van der Waals surface area contributed by atoms with Crippen LogP contribution in [-0.4, -0.2) is 16.9 Å². The summed E-state index contributed by atoms with van der Waals surface area (Å²) in [6.45, 7) is 2.29. The lowest BCUT2D eigenvalue weighted by Gasteiger charge is -2.15. The summed E-state index contributed by atoms with van der Waals surface area (Å²) in [6.07, 6.45) is 0. The highest BCUT2D eigenvalue weighted by Crippen LogP contribution is 2.15. The van der Waals surface area contributed by atoms with E-state index in [-0.39, 0.29) is 0 Å². The molecule has 0 atom stereocenters. The van der Waals surface area contributed by atoms with E-state index in [9.17, 15) is 0 Å². The van der Waals surface area contributed by atoms with Gasteiger partial charge in [0.05, 0.1) is 5.69 Å². The Labute approximate surface area is 120 Å². The first kappa shape index (κ1) is 13.7. The summed E-state index contributed by atoms with van der Waals surface area (Å²) in [5, 5.41) is 3.08. The lowest BCUT2D eigenvalue weighted by Crippen LogP contribution is -2.17. The molecule has 0 amide bonds. The number of benzene rings is 1. The summed E-state index contributed by atoms with van der Waals surface area (Å²) in [5.74, 6) is 0. The molecule has 18 heavy (non-hydrogen) atoms. The van der Waals surface area contributed by atoms with Crippen molar-refractivity contribution in [2.24, 2.45) is 5.73 Å². The SMILES string of the molecule is CN(Cc1cccc(Br)c1)Cc1csc(CN)n1. The van der Waals surface area contributed by atoms with E-state index in [0.717, 1.165) is 28.3 Å². The molecule has 2 aromatic rings. The van der Waals surface area contributed by atoms with Gasteiger partial charge in [0.15, 0.2) is 0 Å². The predicted octanol–water partition coefficient (Wildman–Crippen LogP) is 3.00. The minimum atomic E-state index is 0.528. The van der Waals surface area contributed by atoms with Gasteiger partial charge in [0.2, 0.25) is 0 Å². The molecule has 3 nitrogen and oxygen atoms in total. The smallest absolute Gasteiger partial charge is 0.106 e. The van der Waals surface area contributed by atoms with Gasteiger partial charge >= 0.3 is 0 Å². The van der Waals surface area contributed by atoms with Crippen LogP contribution >= 0.6 is 27.3 Å². The van der Waals surface area contributed by atoms with Crippen molar-refractivity contribution in [2.75, 3.05) is 7.05 Å². The molecule has 96 valence electrons. The average molecular weight is 326 g/mol. The van der Waals surface area contributed by atoms with Gasteiger partial charge in [-0.15, -0.1) is 11.3 Å². The Morgan fingerprint density at radius 1 is 1.39 bits per heavy atom. The Morgan fingerprint density at radius 3 is 2.89 bits per heavy atom. The summed E-state index contributed by atoms with van der Waals surface area (Å²) in [4.78, 5) is 6.72. The van der Waals surface area contributed by atoms with Crippen LogP contribution in [0.3, 0.4) is 0 Å². The van der Waals surface area contributed by atoms with E-state index in [4.69, 9.17) is 5.73 Å². The molecular formula is C13H16BrN3S. The quantitative estimate of drug-likeness (QED) is 0.918. The van der Waals surface area contributed by atoms with Gasteiger partial charge in [0, 0.05) is 29.5 Å². The van der Waals surface area contributed by atoms with Crippen LogP contribution < -0.4 is 5.73 Å². The number of rotatable bonds is 5. The number of aromatic nitrogens is 1. The second-order valence-electron chi connectivity index (χ2n) is 4.24. The van der Waals surface area contributed by atoms with Crippen molar-refractivity contribution in [1.82, 2.24) is 9.88 Å². The molecule has 0 saturated carbocycles. The molecule has 1 aromatic carbocycles. The lowest BCUT2D eigenvalue weighted by molar-refractivity contribution is 0.315. The van der Waals surface area contributed by atoms with Crippen LogP contribution in [0.5, 0.6) is 0 Å². The van der Waals surface area contributed by atoms with Crippen LogP contribution in [0.25, 0.3) is 0 Å². The normalized spacial score (nSPS) is 11.1. The summed E-state index contributed by atoms with van der Waals surface area (Å²) < 4.78 is 1.12. The van der Waals surface area contributed by atoms with Crippen molar-refractivity contribution in [3.05, 3.63) is 50.4 Å². The molecule has 1 heterocycles. The second kappa shape index (κ2) is 6.43. The summed E-state index contributed by atoms with van der Waals surface area (Å²) in [5.41, 5.74) is 7.95. The van der Waals surface area contributed by atoms with E-state index in [1.807, 2.05) is 6.07 Å². The van der Waals surface area contributed by atoms with Gasteiger partial charge in [0.25, 0.3) is 0 Å². The predicted molar refractivity (Wildman–Crippen MR) is 79.3 cm³/mol. The standard InChI is InChI=1S/C13H16BrN3S/c1-17(7-10-3-2-4-11(14)5-10)8-12-9-18-13(6-15)16-12/h2-5,9H,6-8,15H2,1H3. The van der Waals surface area contributed by atoms with Crippen molar-refractivity contribution < 1.29 is 0 Å². The zero-order valence-corrected chi connectivity index (χ0v) is 12.7. The Kier molecular flexibility index (Phi) is 4.88. The number of hydrogen-bond donors (Lipinski definition) is 1. The molecule has 2 rings (SSSR count). The largest absolute Gasteiger partial charge is 0.325 e. The van der Waals surface area contributed by atoms with E-state index in [1.54, 1.807) is 11.3 Å². The van der Waals surface area contributed by atoms with E-state index in [1.165, 1.54) is 5.56 Å². The topological polar surface area (TPSA) is 42.1 Å². The summed E-state index contributed by atoms with van der Waals surface area (Å²) in [6, 6.07) is 8.37. The number of nitrogens with two attached hydrogens (primary N) is 1. The molecule has 1 aromatic heterocycles. The Morgan fingerprint density at radius 2 is 2.22 bits per heavy atom. The second-order valence-corrected chi connectivity index (χ2v) is 6.10. The van der Waals surface area contributed by atoms with Crippen LogP contribution in [0.2, 0.25) is 0 Å². The van der Waals surface area contributed by atoms with Gasteiger partial charge < -0.3 is 5.73 Å². The highest BCUT2D eigenvalue weighted by Gasteiger charge is 2.05. The fourth-order valence-electron chi connectivity index (χ4n) is 1.79. The molecule has 0 unspecified atom stereocenters. The van der Waals surface area contributed by atoms with Crippen molar-refractivity contribution in [2.45, 2.75) is 19.6 Å². The monoisotopic (exact) mass is 325 g/mol.